The average molecular weight is 891 g/mol. The van der Waals surface area contributed by atoms with Crippen LogP contribution >= 0.6 is 0 Å². The summed E-state index contributed by atoms with van der Waals surface area (Å²) in [5.74, 6) is 0.467. The minimum Gasteiger partial charge on any atom is -0.504 e. The van der Waals surface area contributed by atoms with Crippen molar-refractivity contribution in [1.82, 2.24) is 0 Å². The molecule has 0 aromatic heterocycles. The van der Waals surface area contributed by atoms with E-state index in [1.54, 1.807) is 60.7 Å². The zero-order chi connectivity index (χ0) is 49.3. The van der Waals surface area contributed by atoms with E-state index < -0.39 is 0 Å². The molecule has 0 saturated carbocycles. The van der Waals surface area contributed by atoms with Crippen LogP contribution in [0.2, 0.25) is 0 Å². The first kappa shape index (κ1) is 56.5. The lowest BCUT2D eigenvalue weighted by molar-refractivity contribution is 0.470. The molecule has 0 aliphatic heterocycles. The number of hydrogen-bond acceptors (Lipinski definition) is 10. The zero-order valence-electron chi connectivity index (χ0n) is 39.8. The van der Waals surface area contributed by atoms with Crippen LogP contribution in [-0.2, 0) is 18.3 Å². The fourth-order valence-corrected chi connectivity index (χ4v) is 5.66. The maximum absolute atomic E-state index is 11.0. The largest absolute Gasteiger partial charge is 0.504 e. The van der Waals surface area contributed by atoms with Crippen molar-refractivity contribution in [3.8, 4) is 28.7 Å². The van der Waals surface area contributed by atoms with E-state index in [0.29, 0.717) is 17.8 Å². The quantitative estimate of drug-likeness (QED) is 0.0953. The lowest BCUT2D eigenvalue weighted by atomic mass is 9.88. The molecule has 65 heavy (non-hydrogen) atoms. The van der Waals surface area contributed by atoms with E-state index in [4.69, 9.17) is 25.5 Å². The van der Waals surface area contributed by atoms with Gasteiger partial charge in [0.05, 0.1) is 0 Å². The molecule has 0 aliphatic rings. The second-order valence-electron chi connectivity index (χ2n) is 17.3. The first-order valence-electron chi connectivity index (χ1n) is 22.2. The molecule has 10 nitrogen and oxygen atoms in total. The highest BCUT2D eigenvalue weighted by Gasteiger charge is 2.12. The summed E-state index contributed by atoms with van der Waals surface area (Å²) in [5, 5.41) is 45.7. The fraction of sp³-hybridized carbons (Fsp3) is 0.364. The van der Waals surface area contributed by atoms with Crippen LogP contribution in [0.1, 0.15) is 135 Å². The number of hydrogen-bond donors (Lipinski definition) is 5. The first-order valence-corrected chi connectivity index (χ1v) is 22.2. The molecule has 5 rings (SSSR count). The van der Waals surface area contributed by atoms with E-state index in [9.17, 15) is 24.0 Å². The molecule has 0 aliphatic carbocycles. The molecule has 2 atom stereocenters. The minimum atomic E-state index is -0.337. The summed E-state index contributed by atoms with van der Waals surface area (Å²) >= 11 is 0. The Balaban J connectivity index is 0.000000406. The van der Waals surface area contributed by atoms with Gasteiger partial charge in [0, 0.05) is 0 Å². The van der Waals surface area contributed by atoms with Crippen molar-refractivity contribution in [2.75, 3.05) is 0 Å². The zero-order valence-corrected chi connectivity index (χ0v) is 39.8. The minimum absolute atomic E-state index is 0.00208. The second-order valence-corrected chi connectivity index (χ2v) is 17.3. The molecule has 0 unspecified atom stereocenters. The van der Waals surface area contributed by atoms with Crippen molar-refractivity contribution in [1.29, 1.82) is 0 Å². The van der Waals surface area contributed by atoms with Crippen molar-refractivity contribution < 1.29 is 25.5 Å². The highest BCUT2D eigenvalue weighted by Crippen LogP contribution is 2.21. The van der Waals surface area contributed by atoms with Crippen molar-refractivity contribution >= 4 is 0 Å². The molecule has 0 bridgehead atoms. The van der Waals surface area contributed by atoms with Crippen molar-refractivity contribution in [3.05, 3.63) is 200 Å². The summed E-state index contributed by atoms with van der Waals surface area (Å²) in [6, 6.07) is 32.1. The molecule has 0 saturated heterocycles. The predicted octanol–water partition coefficient (Wildman–Crippen LogP) is 10.6. The number of rotatable bonds is 9. The van der Waals surface area contributed by atoms with Crippen LogP contribution in [0.3, 0.4) is 0 Å². The van der Waals surface area contributed by atoms with E-state index in [2.05, 4.69) is 69.2 Å². The molecular weight excluding hydrogens is 821 g/mol. The lowest BCUT2D eigenvalue weighted by Crippen LogP contribution is -2.09. The van der Waals surface area contributed by atoms with Gasteiger partial charge in [-0.1, -0.05) is 136 Å². The van der Waals surface area contributed by atoms with Crippen LogP contribution < -0.4 is 27.1 Å². The highest BCUT2D eigenvalue weighted by atomic mass is 16.3. The van der Waals surface area contributed by atoms with Gasteiger partial charge >= 0.3 is 0 Å². The molecule has 350 valence electrons. The van der Waals surface area contributed by atoms with Gasteiger partial charge in [0.2, 0.25) is 27.1 Å². The van der Waals surface area contributed by atoms with Crippen LogP contribution in [0.15, 0.2) is 145 Å². The Kier molecular flexibility index (Phi) is 25.2. The van der Waals surface area contributed by atoms with Crippen molar-refractivity contribution in [2.24, 2.45) is 5.92 Å². The Morgan fingerprint density at radius 2 is 0.708 bits per heavy atom. The van der Waals surface area contributed by atoms with Gasteiger partial charge in [0.15, 0.2) is 28.7 Å². The standard InChI is InChI=1S/5C11H14O2/c1-11(2,3)8-4-6-9(12)10(13)7-5-8;1-8(2)7-9-3-5-10(12)11(13)6-4-9;2*1-3-8(2)9-4-6-10(12)11(13)7-5-9;1-2-3-4-9-5-7-10(12)11(13)8-6-9/h4-7H,1-3H3,(H,12,13);3-6,8H,7H2,1-2H3,(H,12,13);2*4-8H,3H2,1-2H3,(H,12,13);5-8H,2-4H2,1H3,(H,12,13)/t;;2*8-;/m..10./s1. The van der Waals surface area contributed by atoms with Gasteiger partial charge in [0.25, 0.3) is 0 Å². The van der Waals surface area contributed by atoms with E-state index in [1.807, 2.05) is 0 Å². The predicted molar refractivity (Wildman–Crippen MR) is 265 cm³/mol. The summed E-state index contributed by atoms with van der Waals surface area (Å²) in [5.41, 5.74) is 3.74. The van der Waals surface area contributed by atoms with Crippen molar-refractivity contribution in [3.63, 3.8) is 0 Å². The smallest absolute Gasteiger partial charge is 0.220 e. The second kappa shape index (κ2) is 29.0. The summed E-state index contributed by atoms with van der Waals surface area (Å²) in [6.45, 7) is 20.9. The molecule has 0 radical (unpaired) electrons. The summed E-state index contributed by atoms with van der Waals surface area (Å²) in [7, 11) is 0. The molecule has 0 amide bonds. The lowest BCUT2D eigenvalue weighted by Gasteiger charge is -2.16. The topological polar surface area (TPSA) is 186 Å². The molecule has 5 N–H and O–H groups in total. The van der Waals surface area contributed by atoms with E-state index in [1.165, 1.54) is 60.7 Å². The van der Waals surface area contributed by atoms with E-state index in [0.717, 1.165) is 66.3 Å². The summed E-state index contributed by atoms with van der Waals surface area (Å²) < 4.78 is 0. The monoisotopic (exact) mass is 890 g/mol. The van der Waals surface area contributed by atoms with Gasteiger partial charge in [-0.05, 0) is 144 Å². The van der Waals surface area contributed by atoms with Crippen LogP contribution in [0.4, 0.5) is 0 Å². The molecule has 0 fully saturated rings. The van der Waals surface area contributed by atoms with Gasteiger partial charge in [-0.15, -0.1) is 0 Å². The third-order valence-electron chi connectivity index (χ3n) is 10.3. The SMILES string of the molecule is CC(C)(C)c1ccc(O)c(=O)cc1.CC(C)Cc1ccc(O)c(=O)cc1.CCCCc1ccc(O)c(=O)cc1.CC[C@@H](C)c1ccc(O)c(=O)cc1.CC[C@H](C)c1ccc(O)c(=O)cc1. The van der Waals surface area contributed by atoms with Crippen LogP contribution in [0.5, 0.6) is 28.7 Å². The summed E-state index contributed by atoms with van der Waals surface area (Å²) in [6.07, 6.45) is 6.18. The highest BCUT2D eigenvalue weighted by molar-refractivity contribution is 5.29. The molecule has 5 aromatic carbocycles. The normalized spacial score (nSPS) is 11.3. The Morgan fingerprint density at radius 3 is 1.08 bits per heavy atom. The Hall–Kier alpha value is -6.55. The molecule has 5 aromatic rings. The molecule has 0 heterocycles. The van der Waals surface area contributed by atoms with Crippen LogP contribution in [-0.4, -0.2) is 25.5 Å². The van der Waals surface area contributed by atoms with Crippen LogP contribution in [0.25, 0.3) is 0 Å². The van der Waals surface area contributed by atoms with Gasteiger partial charge in [-0.3, -0.25) is 24.0 Å². The Morgan fingerprint density at radius 1 is 0.415 bits per heavy atom. The van der Waals surface area contributed by atoms with Gasteiger partial charge in [-0.25, -0.2) is 0 Å². The first-order chi connectivity index (χ1) is 30.5. The number of aryl methyl sites for hydroxylation is 1. The fourth-order valence-electron chi connectivity index (χ4n) is 5.66. The number of unbranched alkanes of at least 4 members (excludes halogenated alkanes) is 1. The molecule has 10 heteroatoms. The maximum atomic E-state index is 11.0. The Bertz CT molecular complexity index is 2480. The molecular formula is C55H70O10. The van der Waals surface area contributed by atoms with Gasteiger partial charge in [0.1, 0.15) is 0 Å². The maximum Gasteiger partial charge on any atom is 0.220 e. The molecule has 0 spiro atoms. The third-order valence-corrected chi connectivity index (χ3v) is 10.3. The summed E-state index contributed by atoms with van der Waals surface area (Å²) in [4.78, 5) is 55.1. The van der Waals surface area contributed by atoms with Gasteiger partial charge in [-0.2, -0.15) is 0 Å². The van der Waals surface area contributed by atoms with Crippen molar-refractivity contribution in [2.45, 2.75) is 125 Å². The van der Waals surface area contributed by atoms with Crippen LogP contribution in [0, 0.1) is 5.92 Å². The average Bonchev–Trinajstić information content (AvgIpc) is 3.76. The van der Waals surface area contributed by atoms with E-state index >= 15 is 0 Å². The third kappa shape index (κ3) is 22.1. The number of aromatic hydroxyl groups is 5. The van der Waals surface area contributed by atoms with E-state index in [-0.39, 0.29) is 61.3 Å². The Labute approximate surface area is 384 Å². The van der Waals surface area contributed by atoms with Gasteiger partial charge < -0.3 is 25.5 Å².